The second-order valence-corrected chi connectivity index (χ2v) is 8.20. The molecule has 2 amide bonds. The van der Waals surface area contributed by atoms with Crippen LogP contribution >= 0.6 is 0 Å². The standard InChI is InChI=1S/C25H32FN3O3/c1-19(21-7-9-22(26)10-8-21)27-24(30)18-28-14-3-15-29(17-16-28)25(31)13-6-20-4-11-23(32-2)12-5-20/h4-5,7-12,19H,3,6,13-18H2,1-2H3,(H,27,30). The number of ether oxygens (including phenoxy) is 1. The van der Waals surface area contributed by atoms with Crippen LogP contribution in [-0.4, -0.2) is 61.4 Å². The van der Waals surface area contributed by atoms with Gasteiger partial charge in [0.05, 0.1) is 19.7 Å². The molecule has 1 aliphatic heterocycles. The highest BCUT2D eigenvalue weighted by molar-refractivity contribution is 5.78. The first-order valence-electron chi connectivity index (χ1n) is 11.1. The molecule has 32 heavy (non-hydrogen) atoms. The van der Waals surface area contributed by atoms with Crippen molar-refractivity contribution in [1.82, 2.24) is 15.1 Å². The van der Waals surface area contributed by atoms with Crippen LogP contribution in [0.5, 0.6) is 5.75 Å². The molecule has 1 atom stereocenters. The lowest BCUT2D eigenvalue weighted by molar-refractivity contribution is -0.131. The lowest BCUT2D eigenvalue weighted by atomic mass is 10.1. The van der Waals surface area contributed by atoms with Gasteiger partial charge < -0.3 is 15.0 Å². The molecule has 1 aliphatic rings. The maximum atomic E-state index is 13.1. The van der Waals surface area contributed by atoms with E-state index in [1.807, 2.05) is 36.1 Å². The number of carbonyl (C=O) groups is 2. The van der Waals surface area contributed by atoms with Crippen molar-refractivity contribution >= 4 is 11.8 Å². The van der Waals surface area contributed by atoms with E-state index in [0.717, 1.165) is 29.8 Å². The number of hydrogen-bond donors (Lipinski definition) is 1. The molecule has 0 radical (unpaired) electrons. The summed E-state index contributed by atoms with van der Waals surface area (Å²) in [5.41, 5.74) is 1.98. The van der Waals surface area contributed by atoms with Gasteiger partial charge in [0, 0.05) is 32.6 Å². The summed E-state index contributed by atoms with van der Waals surface area (Å²) in [5.74, 6) is 0.599. The minimum Gasteiger partial charge on any atom is -0.497 e. The number of nitrogens with zero attached hydrogens (tertiary/aromatic N) is 2. The number of halogens is 1. The van der Waals surface area contributed by atoms with Crippen molar-refractivity contribution in [1.29, 1.82) is 0 Å². The Morgan fingerprint density at radius 2 is 1.75 bits per heavy atom. The van der Waals surface area contributed by atoms with Crippen LogP contribution in [0, 0.1) is 5.82 Å². The van der Waals surface area contributed by atoms with Crippen molar-refractivity contribution in [3.05, 3.63) is 65.5 Å². The minimum atomic E-state index is -0.292. The van der Waals surface area contributed by atoms with Crippen LogP contribution in [0.25, 0.3) is 0 Å². The molecule has 7 heteroatoms. The van der Waals surface area contributed by atoms with Crippen molar-refractivity contribution in [2.75, 3.05) is 39.8 Å². The average molecular weight is 442 g/mol. The fraction of sp³-hybridized carbons (Fsp3) is 0.440. The van der Waals surface area contributed by atoms with Crippen molar-refractivity contribution in [2.24, 2.45) is 0 Å². The van der Waals surface area contributed by atoms with Gasteiger partial charge in [-0.05, 0) is 55.2 Å². The van der Waals surface area contributed by atoms with Gasteiger partial charge in [-0.2, -0.15) is 0 Å². The van der Waals surface area contributed by atoms with Gasteiger partial charge in [-0.25, -0.2) is 4.39 Å². The van der Waals surface area contributed by atoms with Gasteiger partial charge >= 0.3 is 0 Å². The Morgan fingerprint density at radius 1 is 1.03 bits per heavy atom. The summed E-state index contributed by atoms with van der Waals surface area (Å²) < 4.78 is 18.3. The van der Waals surface area contributed by atoms with E-state index in [9.17, 15) is 14.0 Å². The zero-order chi connectivity index (χ0) is 22.9. The van der Waals surface area contributed by atoms with Gasteiger partial charge in [-0.1, -0.05) is 24.3 Å². The SMILES string of the molecule is COc1ccc(CCC(=O)N2CCCN(CC(=O)NC(C)c3ccc(F)cc3)CC2)cc1. The van der Waals surface area contributed by atoms with E-state index < -0.39 is 0 Å². The first-order valence-corrected chi connectivity index (χ1v) is 11.1. The van der Waals surface area contributed by atoms with Crippen molar-refractivity contribution in [3.8, 4) is 5.75 Å². The zero-order valence-electron chi connectivity index (χ0n) is 18.9. The van der Waals surface area contributed by atoms with Crippen LogP contribution in [0.1, 0.15) is 36.9 Å². The highest BCUT2D eigenvalue weighted by Crippen LogP contribution is 2.15. The number of methoxy groups -OCH3 is 1. The Labute approximate surface area is 189 Å². The summed E-state index contributed by atoms with van der Waals surface area (Å²) in [6.07, 6.45) is 2.02. The Bertz CT molecular complexity index is 886. The molecule has 6 nitrogen and oxygen atoms in total. The number of carbonyl (C=O) groups excluding carboxylic acids is 2. The highest BCUT2D eigenvalue weighted by atomic mass is 19.1. The third kappa shape index (κ3) is 7.05. The Balaban J connectivity index is 1.42. The van der Waals surface area contributed by atoms with Gasteiger partial charge in [0.2, 0.25) is 11.8 Å². The molecule has 0 saturated carbocycles. The molecular weight excluding hydrogens is 409 g/mol. The van der Waals surface area contributed by atoms with Gasteiger partial charge in [-0.15, -0.1) is 0 Å². The van der Waals surface area contributed by atoms with Crippen LogP contribution < -0.4 is 10.1 Å². The Kier molecular flexibility index (Phi) is 8.62. The molecule has 1 saturated heterocycles. The van der Waals surface area contributed by atoms with Gasteiger partial charge in [0.1, 0.15) is 11.6 Å². The highest BCUT2D eigenvalue weighted by Gasteiger charge is 2.21. The first-order chi connectivity index (χ1) is 15.4. The molecule has 1 N–H and O–H groups in total. The van der Waals surface area contributed by atoms with Crippen LogP contribution in [0.15, 0.2) is 48.5 Å². The molecule has 1 unspecified atom stereocenters. The topological polar surface area (TPSA) is 61.9 Å². The smallest absolute Gasteiger partial charge is 0.234 e. The number of rotatable bonds is 8. The van der Waals surface area contributed by atoms with Gasteiger partial charge in [0.15, 0.2) is 0 Å². The molecule has 0 aromatic heterocycles. The molecular formula is C25H32FN3O3. The number of aryl methyl sites for hydroxylation is 1. The van der Waals surface area contributed by atoms with Crippen LogP contribution in [0.3, 0.4) is 0 Å². The summed E-state index contributed by atoms with van der Waals surface area (Å²) in [4.78, 5) is 29.1. The predicted molar refractivity (Wildman–Crippen MR) is 122 cm³/mol. The summed E-state index contributed by atoms with van der Waals surface area (Å²) in [6.45, 7) is 4.97. The predicted octanol–water partition coefficient (Wildman–Crippen LogP) is 3.18. The monoisotopic (exact) mass is 441 g/mol. The fourth-order valence-corrected chi connectivity index (χ4v) is 3.91. The number of nitrogens with one attached hydrogen (secondary N) is 1. The largest absolute Gasteiger partial charge is 0.497 e. The molecule has 1 heterocycles. The third-order valence-electron chi connectivity index (χ3n) is 5.84. The fourth-order valence-electron chi connectivity index (χ4n) is 3.91. The molecule has 2 aromatic carbocycles. The van der Waals surface area contributed by atoms with Crippen LogP contribution in [0.2, 0.25) is 0 Å². The number of amides is 2. The normalized spacial score (nSPS) is 15.7. The maximum Gasteiger partial charge on any atom is 0.234 e. The molecule has 0 spiro atoms. The average Bonchev–Trinajstić information content (AvgIpc) is 3.03. The second kappa shape index (κ2) is 11.6. The van der Waals surface area contributed by atoms with Crippen molar-refractivity contribution in [2.45, 2.75) is 32.2 Å². The molecule has 2 aromatic rings. The molecule has 1 fully saturated rings. The molecule has 0 bridgehead atoms. The van der Waals surface area contributed by atoms with Crippen molar-refractivity contribution in [3.63, 3.8) is 0 Å². The lowest BCUT2D eigenvalue weighted by Gasteiger charge is -2.22. The second-order valence-electron chi connectivity index (χ2n) is 8.20. The van der Waals surface area contributed by atoms with Crippen LogP contribution in [0.4, 0.5) is 4.39 Å². The molecule has 172 valence electrons. The summed E-state index contributed by atoms with van der Waals surface area (Å²) in [7, 11) is 1.64. The zero-order valence-corrected chi connectivity index (χ0v) is 18.9. The van der Waals surface area contributed by atoms with Crippen molar-refractivity contribution < 1.29 is 18.7 Å². The van der Waals surface area contributed by atoms with E-state index in [1.54, 1.807) is 19.2 Å². The van der Waals surface area contributed by atoms with E-state index in [-0.39, 0.29) is 23.7 Å². The van der Waals surface area contributed by atoms with Gasteiger partial charge in [-0.3, -0.25) is 14.5 Å². The minimum absolute atomic E-state index is 0.0684. The van der Waals surface area contributed by atoms with Crippen LogP contribution in [-0.2, 0) is 16.0 Å². The summed E-state index contributed by atoms with van der Waals surface area (Å²) >= 11 is 0. The first kappa shape index (κ1) is 23.7. The Morgan fingerprint density at radius 3 is 2.44 bits per heavy atom. The quantitative estimate of drug-likeness (QED) is 0.684. The number of benzene rings is 2. The van der Waals surface area contributed by atoms with E-state index in [2.05, 4.69) is 10.2 Å². The number of hydrogen-bond acceptors (Lipinski definition) is 4. The maximum absolute atomic E-state index is 13.1. The summed E-state index contributed by atoms with van der Waals surface area (Å²) in [5, 5.41) is 2.97. The van der Waals surface area contributed by atoms with E-state index >= 15 is 0 Å². The third-order valence-corrected chi connectivity index (χ3v) is 5.84. The summed E-state index contributed by atoms with van der Waals surface area (Å²) in [6, 6.07) is 13.8. The lowest BCUT2D eigenvalue weighted by Crippen LogP contribution is -2.40. The molecule has 0 aliphatic carbocycles. The van der Waals surface area contributed by atoms with E-state index in [0.29, 0.717) is 39.0 Å². The van der Waals surface area contributed by atoms with Gasteiger partial charge in [0.25, 0.3) is 0 Å². The molecule has 3 rings (SSSR count). The van der Waals surface area contributed by atoms with E-state index in [1.165, 1.54) is 12.1 Å². The Hall–Kier alpha value is -2.93. The van der Waals surface area contributed by atoms with E-state index in [4.69, 9.17) is 4.74 Å².